The molecule has 8 nitrogen and oxygen atoms in total. The number of carbonyl (C=O) groups is 2. The lowest BCUT2D eigenvalue weighted by atomic mass is 9.74. The van der Waals surface area contributed by atoms with Crippen molar-refractivity contribution in [2.45, 2.75) is 26.2 Å². The fourth-order valence-corrected chi connectivity index (χ4v) is 4.06. The molecule has 0 spiro atoms. The van der Waals surface area contributed by atoms with Crippen LogP contribution in [-0.2, 0) is 11.2 Å². The highest BCUT2D eigenvalue weighted by molar-refractivity contribution is 5.94. The third kappa shape index (κ3) is 4.59. The maximum Gasteiger partial charge on any atom is 0.310 e. The number of benzene rings is 1. The van der Waals surface area contributed by atoms with Gasteiger partial charge in [0.05, 0.1) is 11.0 Å². The van der Waals surface area contributed by atoms with Gasteiger partial charge in [0.1, 0.15) is 0 Å². The molecule has 0 atom stereocenters. The third-order valence-corrected chi connectivity index (χ3v) is 6.02. The van der Waals surface area contributed by atoms with Crippen LogP contribution in [0.4, 0.5) is 24.8 Å². The molecule has 4 rings (SSSR count). The minimum Gasteiger partial charge on any atom is -0.481 e. The highest BCUT2D eigenvalue weighted by atomic mass is 19.2. The number of halogens is 3. The van der Waals surface area contributed by atoms with Crippen LogP contribution in [-0.4, -0.2) is 50.2 Å². The molecule has 0 bridgehead atoms. The van der Waals surface area contributed by atoms with Gasteiger partial charge in [0, 0.05) is 37.0 Å². The number of carbonyl (C=O) groups excluding carboxylic acids is 1. The summed E-state index contributed by atoms with van der Waals surface area (Å²) in [5, 5.41) is 19.5. The van der Waals surface area contributed by atoms with Crippen molar-refractivity contribution >= 4 is 23.5 Å². The number of piperidine rings is 1. The van der Waals surface area contributed by atoms with E-state index < -0.39 is 40.3 Å². The predicted octanol–water partition coefficient (Wildman–Crippen LogP) is 3.82. The number of aliphatic carboxylic acids is 1. The number of nitrogens with one attached hydrogen (secondary N) is 2. The first kappa shape index (κ1) is 23.3. The van der Waals surface area contributed by atoms with Gasteiger partial charge in [-0.15, -0.1) is 0 Å². The topological polar surface area (TPSA) is 111 Å². The van der Waals surface area contributed by atoms with Gasteiger partial charge in [0.2, 0.25) is 0 Å². The number of aromatic amines is 1. The molecule has 11 heteroatoms. The van der Waals surface area contributed by atoms with Crippen molar-refractivity contribution in [3.63, 3.8) is 0 Å². The molecule has 1 fully saturated rings. The molecule has 0 saturated carbocycles. The van der Waals surface area contributed by atoms with Gasteiger partial charge in [0.15, 0.2) is 29.1 Å². The summed E-state index contributed by atoms with van der Waals surface area (Å²) in [5.74, 6) is -4.46. The fraction of sp³-hybridized carbons (Fsp3) is 0.304. The molecule has 3 heterocycles. The van der Waals surface area contributed by atoms with Gasteiger partial charge in [0.25, 0.3) is 5.91 Å². The molecular formula is C23H22F3N5O3. The van der Waals surface area contributed by atoms with Crippen molar-refractivity contribution in [2.75, 3.05) is 18.4 Å². The molecule has 1 amide bonds. The average molecular weight is 473 g/mol. The number of H-pyrrole nitrogens is 1. The number of anilines is 2. The number of carboxylic acids is 1. The average Bonchev–Trinajstić information content (AvgIpc) is 3.22. The summed E-state index contributed by atoms with van der Waals surface area (Å²) in [6.45, 7) is 1.87. The van der Waals surface area contributed by atoms with Gasteiger partial charge in [-0.1, -0.05) is 6.07 Å². The molecule has 2 aromatic heterocycles. The summed E-state index contributed by atoms with van der Waals surface area (Å²) in [6.07, 6.45) is 0.157. The highest BCUT2D eigenvalue weighted by Crippen LogP contribution is 2.36. The second-order valence-corrected chi connectivity index (χ2v) is 8.35. The molecule has 0 unspecified atom stereocenters. The number of hydrogen-bond donors (Lipinski definition) is 3. The first-order valence-electron chi connectivity index (χ1n) is 10.6. The van der Waals surface area contributed by atoms with Crippen molar-refractivity contribution in [1.82, 2.24) is 20.1 Å². The fourth-order valence-electron chi connectivity index (χ4n) is 4.06. The van der Waals surface area contributed by atoms with Gasteiger partial charge in [-0.2, -0.15) is 5.10 Å². The number of carboxylic acid groups (broad SMARTS) is 1. The van der Waals surface area contributed by atoms with E-state index in [1.807, 2.05) is 0 Å². The lowest BCUT2D eigenvalue weighted by Gasteiger charge is -2.38. The number of rotatable bonds is 6. The second-order valence-electron chi connectivity index (χ2n) is 8.35. The number of pyridine rings is 1. The first-order chi connectivity index (χ1) is 16.2. The monoisotopic (exact) mass is 473 g/mol. The van der Waals surface area contributed by atoms with Gasteiger partial charge in [-0.25, -0.2) is 18.2 Å². The zero-order chi connectivity index (χ0) is 24.5. The van der Waals surface area contributed by atoms with E-state index in [2.05, 4.69) is 20.5 Å². The first-order valence-corrected chi connectivity index (χ1v) is 10.6. The van der Waals surface area contributed by atoms with Crippen LogP contribution in [0.3, 0.4) is 0 Å². The molecule has 0 aliphatic carbocycles. The van der Waals surface area contributed by atoms with Crippen LogP contribution in [0.25, 0.3) is 0 Å². The molecular weight excluding hydrogens is 451 g/mol. The second kappa shape index (κ2) is 9.16. The van der Waals surface area contributed by atoms with Crippen LogP contribution in [0.2, 0.25) is 0 Å². The van der Waals surface area contributed by atoms with Crippen molar-refractivity contribution in [1.29, 1.82) is 0 Å². The van der Waals surface area contributed by atoms with Crippen LogP contribution < -0.4 is 5.32 Å². The standard InChI is InChI=1S/C23H22F3N5O3/c1-13-11-18(30-29-13)28-20-17(25)6-5-14(27-20)12-23(22(33)34)7-9-31(10-8-23)21(32)15-3-2-4-16(24)19(15)26/h2-6,11H,7-10,12H2,1H3,(H,33,34)(H2,27,28,29,30). The summed E-state index contributed by atoms with van der Waals surface area (Å²) in [5.41, 5.74) is -0.521. The summed E-state index contributed by atoms with van der Waals surface area (Å²) in [7, 11) is 0. The summed E-state index contributed by atoms with van der Waals surface area (Å²) >= 11 is 0. The zero-order valence-electron chi connectivity index (χ0n) is 18.2. The van der Waals surface area contributed by atoms with Gasteiger partial charge in [-0.3, -0.25) is 14.7 Å². The smallest absolute Gasteiger partial charge is 0.310 e. The van der Waals surface area contributed by atoms with Crippen LogP contribution in [0, 0.1) is 29.8 Å². The molecule has 3 aromatic rings. The molecule has 3 N–H and O–H groups in total. The Labute approximate surface area is 192 Å². The molecule has 178 valence electrons. The SMILES string of the molecule is Cc1cc(Nc2nc(CC3(C(=O)O)CCN(C(=O)c4cccc(F)c4F)CC3)ccc2F)n[nH]1. The number of nitrogens with zero attached hydrogens (tertiary/aromatic N) is 3. The lowest BCUT2D eigenvalue weighted by Crippen LogP contribution is -2.47. The Bertz CT molecular complexity index is 1240. The van der Waals surface area contributed by atoms with Crippen molar-refractivity contribution in [2.24, 2.45) is 5.41 Å². The van der Waals surface area contributed by atoms with E-state index in [9.17, 15) is 27.9 Å². The molecule has 1 aliphatic rings. The number of amides is 1. The Morgan fingerprint density at radius 2 is 1.88 bits per heavy atom. The Morgan fingerprint density at radius 1 is 1.15 bits per heavy atom. The third-order valence-electron chi connectivity index (χ3n) is 6.02. The Kier molecular flexibility index (Phi) is 6.27. The Morgan fingerprint density at radius 3 is 2.53 bits per heavy atom. The van der Waals surface area contributed by atoms with E-state index in [4.69, 9.17) is 0 Å². The summed E-state index contributed by atoms with van der Waals surface area (Å²) < 4.78 is 41.8. The van der Waals surface area contributed by atoms with Gasteiger partial charge >= 0.3 is 5.97 Å². The zero-order valence-corrected chi connectivity index (χ0v) is 18.2. The number of aryl methyl sites for hydroxylation is 1. The van der Waals surface area contributed by atoms with Crippen molar-refractivity contribution in [3.8, 4) is 0 Å². The normalized spacial score (nSPS) is 15.2. The molecule has 1 aliphatic heterocycles. The minimum atomic E-state index is -1.25. The largest absolute Gasteiger partial charge is 0.481 e. The van der Waals surface area contributed by atoms with Crippen LogP contribution in [0.1, 0.15) is 34.6 Å². The van der Waals surface area contributed by atoms with E-state index in [-0.39, 0.29) is 38.2 Å². The van der Waals surface area contributed by atoms with Crippen LogP contribution in [0.5, 0.6) is 0 Å². The predicted molar refractivity (Wildman–Crippen MR) is 116 cm³/mol. The van der Waals surface area contributed by atoms with Crippen LogP contribution in [0.15, 0.2) is 36.4 Å². The van der Waals surface area contributed by atoms with E-state index >= 15 is 0 Å². The number of aromatic nitrogens is 3. The van der Waals surface area contributed by atoms with E-state index in [0.29, 0.717) is 11.5 Å². The highest BCUT2D eigenvalue weighted by Gasteiger charge is 2.43. The molecule has 34 heavy (non-hydrogen) atoms. The number of hydrogen-bond acceptors (Lipinski definition) is 5. The van der Waals surface area contributed by atoms with Gasteiger partial charge < -0.3 is 15.3 Å². The maximum atomic E-state index is 14.3. The Balaban J connectivity index is 1.50. The van der Waals surface area contributed by atoms with Gasteiger partial charge in [-0.05, 0) is 44.0 Å². The summed E-state index contributed by atoms with van der Waals surface area (Å²) in [4.78, 5) is 30.5. The summed E-state index contributed by atoms with van der Waals surface area (Å²) in [6, 6.07) is 7.64. The number of likely N-dealkylation sites (tertiary alicyclic amines) is 1. The lowest BCUT2D eigenvalue weighted by molar-refractivity contribution is -0.151. The van der Waals surface area contributed by atoms with E-state index in [0.717, 1.165) is 11.8 Å². The maximum absolute atomic E-state index is 14.3. The molecule has 1 aromatic carbocycles. The quantitative estimate of drug-likeness (QED) is 0.502. The van der Waals surface area contributed by atoms with Crippen molar-refractivity contribution in [3.05, 3.63) is 70.8 Å². The van der Waals surface area contributed by atoms with E-state index in [1.54, 1.807) is 13.0 Å². The van der Waals surface area contributed by atoms with E-state index in [1.165, 1.54) is 29.2 Å². The minimum absolute atomic E-state index is 0.00719. The molecule has 1 saturated heterocycles. The Hall–Kier alpha value is -3.89. The van der Waals surface area contributed by atoms with Crippen LogP contribution >= 0.6 is 0 Å². The van der Waals surface area contributed by atoms with Crippen molar-refractivity contribution < 1.29 is 27.9 Å². The molecule has 0 radical (unpaired) electrons.